The molecule has 322 valence electrons. The van der Waals surface area contributed by atoms with Crippen LogP contribution in [0.15, 0.2) is 155 Å². The van der Waals surface area contributed by atoms with Crippen LogP contribution in [0.1, 0.15) is 90.1 Å². The molecule has 0 radical (unpaired) electrons. The molecule has 2 aliphatic heterocycles. The molecule has 2 aromatic heterocycles. The first-order chi connectivity index (χ1) is 31.0. The molecular weight excluding hydrogens is 791 g/mol. The average Bonchev–Trinajstić information content (AvgIpc) is 3.88. The van der Waals surface area contributed by atoms with Gasteiger partial charge in [-0.3, -0.25) is 4.90 Å². The van der Waals surface area contributed by atoms with E-state index >= 15 is 0 Å². The third kappa shape index (κ3) is 6.49. The van der Waals surface area contributed by atoms with Crippen LogP contribution in [-0.4, -0.2) is 6.71 Å². The van der Waals surface area contributed by atoms with Crippen molar-refractivity contribution in [1.82, 2.24) is 0 Å². The number of hydrogen-bond donors (Lipinski definition) is 0. The highest BCUT2D eigenvalue weighted by atomic mass is 16.4. The zero-order chi connectivity index (χ0) is 45.3. The molecule has 0 aliphatic carbocycles. The van der Waals surface area contributed by atoms with Crippen LogP contribution in [0.4, 0.5) is 34.3 Å². The van der Waals surface area contributed by atoms with Crippen LogP contribution in [0.2, 0.25) is 0 Å². The lowest BCUT2D eigenvalue weighted by atomic mass is 9.33. The highest BCUT2D eigenvalue weighted by molar-refractivity contribution is 7.01. The zero-order valence-corrected chi connectivity index (χ0v) is 39.6. The number of para-hydroxylation sites is 1. The summed E-state index contributed by atoms with van der Waals surface area (Å²) in [5.41, 5.74) is 22.1. The first-order valence-corrected chi connectivity index (χ1v) is 23.2. The number of nitrogens with zero attached hydrogens (tertiary/aromatic N) is 2. The number of benzene rings is 7. The second kappa shape index (κ2) is 14.4. The van der Waals surface area contributed by atoms with Crippen LogP contribution >= 0.6 is 0 Å². The molecule has 5 heteroatoms. The molecule has 11 rings (SSSR count). The summed E-state index contributed by atoms with van der Waals surface area (Å²) in [6.45, 7) is 25.1. The van der Waals surface area contributed by atoms with Crippen molar-refractivity contribution in [3.8, 4) is 22.3 Å². The molecule has 0 saturated carbocycles. The molecule has 0 unspecified atom stereocenters. The van der Waals surface area contributed by atoms with E-state index in [0.29, 0.717) is 0 Å². The largest absolute Gasteiger partial charge is 0.464 e. The lowest BCUT2D eigenvalue weighted by molar-refractivity contribution is 0.588. The van der Waals surface area contributed by atoms with E-state index < -0.39 is 0 Å². The smallest absolute Gasteiger partial charge is 0.257 e. The van der Waals surface area contributed by atoms with Crippen LogP contribution in [-0.2, 0) is 16.2 Å². The molecule has 7 aromatic carbocycles. The van der Waals surface area contributed by atoms with Gasteiger partial charge in [0.2, 0.25) is 5.88 Å². The maximum absolute atomic E-state index is 7.26. The van der Waals surface area contributed by atoms with Gasteiger partial charge in [-0.05, 0) is 128 Å². The Bertz CT molecular complexity index is 3340. The molecule has 4 nitrogen and oxygen atoms in total. The Hall–Kier alpha value is -6.72. The number of furan rings is 2. The molecular formula is C60H57BN2O2. The zero-order valence-electron chi connectivity index (χ0n) is 39.6. The number of aryl methyl sites for hydroxylation is 2. The van der Waals surface area contributed by atoms with E-state index in [1.807, 2.05) is 12.3 Å². The summed E-state index contributed by atoms with van der Waals surface area (Å²) in [7, 11) is 0. The van der Waals surface area contributed by atoms with E-state index in [9.17, 15) is 0 Å². The van der Waals surface area contributed by atoms with E-state index in [4.69, 9.17) is 8.83 Å². The van der Waals surface area contributed by atoms with Gasteiger partial charge < -0.3 is 13.7 Å². The van der Waals surface area contributed by atoms with Crippen LogP contribution < -0.4 is 26.2 Å². The van der Waals surface area contributed by atoms with Crippen molar-refractivity contribution < 1.29 is 8.83 Å². The van der Waals surface area contributed by atoms with E-state index in [1.165, 1.54) is 61.0 Å². The minimum Gasteiger partial charge on any atom is -0.464 e. The van der Waals surface area contributed by atoms with E-state index in [1.54, 1.807) is 0 Å². The van der Waals surface area contributed by atoms with Crippen LogP contribution in [0.3, 0.4) is 0 Å². The Kier molecular flexibility index (Phi) is 9.08. The van der Waals surface area contributed by atoms with Crippen molar-refractivity contribution in [2.24, 2.45) is 0 Å². The fraction of sp³-hybridized carbons (Fsp3) is 0.233. The maximum Gasteiger partial charge on any atom is 0.257 e. The van der Waals surface area contributed by atoms with Crippen LogP contribution in [0.25, 0.3) is 44.2 Å². The van der Waals surface area contributed by atoms with Crippen molar-refractivity contribution in [3.63, 3.8) is 0 Å². The average molecular weight is 849 g/mol. The van der Waals surface area contributed by atoms with Crippen LogP contribution in [0, 0.1) is 13.8 Å². The molecule has 2 aliphatic rings. The second-order valence-corrected chi connectivity index (χ2v) is 21.6. The summed E-state index contributed by atoms with van der Waals surface area (Å²) in [6.07, 6.45) is 1.92. The van der Waals surface area contributed by atoms with Gasteiger partial charge >= 0.3 is 0 Å². The quantitative estimate of drug-likeness (QED) is 0.165. The Morgan fingerprint density at radius 2 is 1.09 bits per heavy atom. The number of rotatable bonds is 4. The van der Waals surface area contributed by atoms with E-state index in [-0.39, 0.29) is 23.0 Å². The van der Waals surface area contributed by atoms with Crippen molar-refractivity contribution in [1.29, 1.82) is 0 Å². The van der Waals surface area contributed by atoms with Crippen molar-refractivity contribution in [3.05, 3.63) is 174 Å². The number of fused-ring (bicyclic) bond motifs is 7. The van der Waals surface area contributed by atoms with Gasteiger partial charge in [-0.15, -0.1) is 0 Å². The summed E-state index contributed by atoms with van der Waals surface area (Å²) in [4.78, 5) is 5.01. The van der Waals surface area contributed by atoms with Crippen molar-refractivity contribution in [2.45, 2.75) is 92.4 Å². The Morgan fingerprint density at radius 1 is 0.446 bits per heavy atom. The van der Waals surface area contributed by atoms with Gasteiger partial charge in [0.05, 0.1) is 17.6 Å². The highest BCUT2D eigenvalue weighted by Gasteiger charge is 2.47. The first-order valence-electron chi connectivity index (χ1n) is 23.2. The lowest BCUT2D eigenvalue weighted by Gasteiger charge is -2.43. The van der Waals surface area contributed by atoms with Crippen molar-refractivity contribution in [2.75, 3.05) is 9.80 Å². The van der Waals surface area contributed by atoms with Gasteiger partial charge in [0.1, 0.15) is 11.2 Å². The Morgan fingerprint density at radius 3 is 1.80 bits per heavy atom. The molecule has 65 heavy (non-hydrogen) atoms. The van der Waals surface area contributed by atoms with E-state index in [0.717, 1.165) is 61.7 Å². The summed E-state index contributed by atoms with van der Waals surface area (Å²) in [5, 5.41) is 2.26. The molecule has 0 N–H and O–H groups in total. The summed E-state index contributed by atoms with van der Waals surface area (Å²) in [5.74, 6) is 0.888. The lowest BCUT2D eigenvalue weighted by Crippen LogP contribution is -2.61. The van der Waals surface area contributed by atoms with Crippen LogP contribution in [0.5, 0.6) is 0 Å². The number of hydrogen-bond acceptors (Lipinski definition) is 4. The maximum atomic E-state index is 7.26. The van der Waals surface area contributed by atoms with Gasteiger partial charge in [-0.2, -0.15) is 0 Å². The molecule has 0 amide bonds. The topological polar surface area (TPSA) is 32.8 Å². The molecule has 0 fully saturated rings. The second-order valence-electron chi connectivity index (χ2n) is 21.6. The molecule has 0 spiro atoms. The standard InChI is InChI=1S/C60H57BN2O2/c1-36-30-42(60(9,10)11)31-37(2)56(36)63-50-22-17-21-49-55(50)61(54-45-34-41(59(6,7)8)26-29-53(45)65-57(54)63)47-27-24-39(46-35-64-52-23-16-15-20-43(46)52)32-51(47)62(49)48-28-25-40(58(3,4)5)33-44(48)38-18-13-12-14-19-38/h12-35H,1-11H3. The van der Waals surface area contributed by atoms with Gasteiger partial charge in [0.25, 0.3) is 6.71 Å². The summed E-state index contributed by atoms with van der Waals surface area (Å²) < 4.78 is 13.5. The van der Waals surface area contributed by atoms with Gasteiger partial charge in [-0.1, -0.05) is 153 Å². The summed E-state index contributed by atoms with van der Waals surface area (Å²) in [6, 6.07) is 52.0. The monoisotopic (exact) mass is 848 g/mol. The van der Waals surface area contributed by atoms with E-state index in [2.05, 4.69) is 219 Å². The van der Waals surface area contributed by atoms with Gasteiger partial charge in [0, 0.05) is 44.4 Å². The predicted molar refractivity (Wildman–Crippen MR) is 276 cm³/mol. The minimum atomic E-state index is -0.117. The number of anilines is 6. The predicted octanol–water partition coefficient (Wildman–Crippen LogP) is 15.1. The SMILES string of the molecule is Cc1cc(C(C)(C)C)cc(C)c1N1c2cccc3c2B(c2ccc(-c4coc5ccccc45)cc2N3c2ccc(C(C)(C)C)cc2-c2ccccc2)c2c1oc1ccc(C(C)(C)C)cc21. The fourth-order valence-electron chi connectivity index (χ4n) is 10.6. The minimum absolute atomic E-state index is 0.00560. The summed E-state index contributed by atoms with van der Waals surface area (Å²) >= 11 is 0. The molecule has 0 bridgehead atoms. The van der Waals surface area contributed by atoms with Crippen molar-refractivity contribution >= 4 is 79.4 Å². The normalized spacial score (nSPS) is 13.7. The fourth-order valence-corrected chi connectivity index (χ4v) is 10.6. The van der Waals surface area contributed by atoms with Gasteiger partial charge in [0.15, 0.2) is 0 Å². The molecule has 9 aromatic rings. The first kappa shape index (κ1) is 41.0. The van der Waals surface area contributed by atoms with Gasteiger partial charge in [-0.25, -0.2) is 0 Å². The molecule has 0 saturated heterocycles. The molecule has 4 heterocycles. The molecule has 0 atom stereocenters. The Balaban J connectivity index is 1.26. The third-order valence-corrected chi connectivity index (χ3v) is 14.0. The highest BCUT2D eigenvalue weighted by Crippen LogP contribution is 2.50. The Labute approximate surface area is 384 Å². The third-order valence-electron chi connectivity index (χ3n) is 14.0.